The van der Waals surface area contributed by atoms with Gasteiger partial charge < -0.3 is 20.1 Å². The maximum atomic E-state index is 13.7. The van der Waals surface area contributed by atoms with Crippen molar-refractivity contribution >= 4 is 26.8 Å². The number of hydrogen-bond donors (Lipinski definition) is 4. The number of aromatic nitrogens is 1. The summed E-state index contributed by atoms with van der Waals surface area (Å²) in [7, 11) is -1.08. The monoisotopic (exact) mass is 535 g/mol. The van der Waals surface area contributed by atoms with Gasteiger partial charge in [0.1, 0.15) is 10.6 Å². The second kappa shape index (κ2) is 11.0. The minimum Gasteiger partial charge on any atom is -0.495 e. The molecule has 0 saturated heterocycles. The van der Waals surface area contributed by atoms with Crippen molar-refractivity contribution in [2.75, 3.05) is 14.2 Å². The molecule has 1 aromatic heterocycles. The molecule has 0 fully saturated rings. The van der Waals surface area contributed by atoms with Gasteiger partial charge in [0, 0.05) is 29.7 Å². The molecule has 0 bridgehead atoms. The lowest BCUT2D eigenvalue weighted by atomic mass is 9.93. The molecule has 38 heavy (non-hydrogen) atoms. The van der Waals surface area contributed by atoms with Crippen molar-refractivity contribution in [3.63, 3.8) is 0 Å². The van der Waals surface area contributed by atoms with Gasteiger partial charge in [-0.3, -0.25) is 4.79 Å². The van der Waals surface area contributed by atoms with Crippen LogP contribution in [0.5, 0.6) is 5.75 Å². The Kier molecular flexibility index (Phi) is 7.91. The summed E-state index contributed by atoms with van der Waals surface area (Å²) in [4.78, 5) is 15.0. The van der Waals surface area contributed by atoms with Crippen LogP contribution in [0.1, 0.15) is 40.9 Å². The van der Waals surface area contributed by atoms with Crippen molar-refractivity contribution in [1.29, 1.82) is 0 Å². The maximum absolute atomic E-state index is 13.7. The number of H-pyrrole nitrogens is 1. The van der Waals surface area contributed by atoms with Crippen LogP contribution in [0.25, 0.3) is 10.9 Å². The summed E-state index contributed by atoms with van der Waals surface area (Å²) in [6.07, 6.45) is 2.59. The number of methoxy groups -OCH3 is 1. The van der Waals surface area contributed by atoms with Crippen molar-refractivity contribution in [2.24, 2.45) is 0 Å². The quantitative estimate of drug-likeness (QED) is 0.246. The first-order chi connectivity index (χ1) is 18.0. The Morgan fingerprint density at radius 1 is 1.05 bits per heavy atom. The Morgan fingerprint density at radius 2 is 1.74 bits per heavy atom. The van der Waals surface area contributed by atoms with Crippen molar-refractivity contribution in [3.8, 4) is 5.75 Å². The summed E-state index contributed by atoms with van der Waals surface area (Å²) >= 11 is 0. The smallest absolute Gasteiger partial charge is 0.251 e. The Morgan fingerprint density at radius 3 is 2.39 bits per heavy atom. The van der Waals surface area contributed by atoms with Gasteiger partial charge in [0.25, 0.3) is 5.91 Å². The molecule has 0 aliphatic heterocycles. The number of carbonyl (C=O) groups is 1. The van der Waals surface area contributed by atoms with E-state index in [-0.39, 0.29) is 23.0 Å². The second-order valence-corrected chi connectivity index (χ2v) is 11.5. The van der Waals surface area contributed by atoms with Crippen LogP contribution >= 0.6 is 0 Å². The average Bonchev–Trinajstić information content (AvgIpc) is 3.30. The molecule has 0 spiro atoms. The highest BCUT2D eigenvalue weighted by Gasteiger charge is 2.33. The Bertz CT molecular complexity index is 1540. The normalized spacial score (nSPS) is 12.9. The number of carbonyl (C=O) groups excluding carboxylic acids is 1. The SMILES string of the molecule is CNC(=O)c1ccc(Cc2ccc(OC)c(S(=O)(=O)N[C@H](Cc3c[nH]c4ccccc34)C(C)(C)O)c2)cc1. The number of rotatable bonds is 10. The van der Waals surface area contributed by atoms with Crippen molar-refractivity contribution < 1.29 is 23.1 Å². The number of fused-ring (bicyclic) bond motifs is 1. The van der Waals surface area contributed by atoms with Gasteiger partial charge in [0.2, 0.25) is 10.0 Å². The molecule has 1 amide bonds. The van der Waals surface area contributed by atoms with Gasteiger partial charge >= 0.3 is 0 Å². The van der Waals surface area contributed by atoms with Crippen molar-refractivity contribution in [2.45, 2.75) is 43.2 Å². The van der Waals surface area contributed by atoms with E-state index in [0.717, 1.165) is 27.6 Å². The molecule has 3 aromatic carbocycles. The molecule has 1 heterocycles. The molecule has 4 rings (SSSR count). The number of benzene rings is 3. The predicted octanol–water partition coefficient (Wildman–Crippen LogP) is 3.79. The summed E-state index contributed by atoms with van der Waals surface area (Å²) in [6.45, 7) is 3.18. The molecule has 200 valence electrons. The standard InChI is InChI=1S/C29H33N3O5S/c1-29(2,34)27(17-22-18-31-24-8-6-5-7-23(22)24)32-38(35,36)26-16-20(11-14-25(26)37-4)15-19-9-12-21(13-10-19)28(33)30-3/h5-14,16,18,27,31-32,34H,15,17H2,1-4H3,(H,30,33)/t27-/m1/s1. The summed E-state index contributed by atoms with van der Waals surface area (Å²) < 4.78 is 35.4. The molecular weight excluding hydrogens is 502 g/mol. The van der Waals surface area contributed by atoms with Crippen LogP contribution in [-0.2, 0) is 22.9 Å². The first-order valence-electron chi connectivity index (χ1n) is 12.3. The molecule has 0 saturated carbocycles. The van der Waals surface area contributed by atoms with E-state index in [1.54, 1.807) is 45.2 Å². The lowest BCUT2D eigenvalue weighted by Gasteiger charge is -2.30. The van der Waals surface area contributed by atoms with Crippen LogP contribution in [0.3, 0.4) is 0 Å². The topological polar surface area (TPSA) is 121 Å². The lowest BCUT2D eigenvalue weighted by molar-refractivity contribution is 0.0461. The highest BCUT2D eigenvalue weighted by Crippen LogP contribution is 2.29. The Hall–Kier alpha value is -3.66. The second-order valence-electron chi connectivity index (χ2n) is 9.83. The van der Waals surface area contributed by atoms with Gasteiger partial charge in [0.05, 0.1) is 18.8 Å². The van der Waals surface area contributed by atoms with E-state index in [9.17, 15) is 18.3 Å². The van der Waals surface area contributed by atoms with Gasteiger partial charge in [-0.15, -0.1) is 0 Å². The van der Waals surface area contributed by atoms with E-state index < -0.39 is 21.7 Å². The van der Waals surface area contributed by atoms with E-state index in [1.807, 2.05) is 48.7 Å². The third-order valence-electron chi connectivity index (χ3n) is 6.62. The number of aromatic amines is 1. The largest absolute Gasteiger partial charge is 0.495 e. The number of aliphatic hydroxyl groups is 1. The van der Waals surface area contributed by atoms with Crippen LogP contribution in [0, 0.1) is 0 Å². The maximum Gasteiger partial charge on any atom is 0.251 e. The zero-order chi connectivity index (χ0) is 27.5. The summed E-state index contributed by atoms with van der Waals surface area (Å²) in [5.74, 6) is 0.0345. The fraction of sp³-hybridized carbons (Fsp3) is 0.276. The van der Waals surface area contributed by atoms with Gasteiger partial charge in [-0.25, -0.2) is 13.1 Å². The molecule has 4 aromatic rings. The molecule has 0 aliphatic rings. The molecule has 1 atom stereocenters. The molecular formula is C29H33N3O5S. The van der Waals surface area contributed by atoms with Crippen LogP contribution in [0.15, 0.2) is 77.8 Å². The minimum atomic E-state index is -4.08. The highest BCUT2D eigenvalue weighted by molar-refractivity contribution is 7.89. The molecule has 0 unspecified atom stereocenters. The predicted molar refractivity (Wildman–Crippen MR) is 148 cm³/mol. The number of sulfonamides is 1. The van der Waals surface area contributed by atoms with Gasteiger partial charge in [-0.05, 0) is 73.7 Å². The number of hydrogen-bond acceptors (Lipinski definition) is 5. The first kappa shape index (κ1) is 27.4. The average molecular weight is 536 g/mol. The molecule has 0 aliphatic carbocycles. The number of amides is 1. The zero-order valence-electron chi connectivity index (χ0n) is 21.9. The van der Waals surface area contributed by atoms with E-state index in [1.165, 1.54) is 7.11 Å². The molecule has 4 N–H and O–H groups in total. The fourth-order valence-corrected chi connectivity index (χ4v) is 6.00. The summed E-state index contributed by atoms with van der Waals surface area (Å²) in [6, 6.07) is 19.1. The Labute approximate surface area is 223 Å². The van der Waals surface area contributed by atoms with E-state index in [4.69, 9.17) is 4.74 Å². The van der Waals surface area contributed by atoms with Crippen LogP contribution < -0.4 is 14.8 Å². The summed E-state index contributed by atoms with van der Waals surface area (Å²) in [5.41, 5.74) is 2.73. The third kappa shape index (κ3) is 6.07. The lowest BCUT2D eigenvalue weighted by Crippen LogP contribution is -2.50. The van der Waals surface area contributed by atoms with Crippen LogP contribution in [-0.4, -0.2) is 50.2 Å². The van der Waals surface area contributed by atoms with Gasteiger partial charge in [0.15, 0.2) is 0 Å². The van der Waals surface area contributed by atoms with Gasteiger partial charge in [-0.2, -0.15) is 0 Å². The van der Waals surface area contributed by atoms with Crippen molar-refractivity contribution in [1.82, 2.24) is 15.0 Å². The van der Waals surface area contributed by atoms with E-state index >= 15 is 0 Å². The van der Waals surface area contributed by atoms with E-state index in [2.05, 4.69) is 15.0 Å². The molecule has 8 nitrogen and oxygen atoms in total. The first-order valence-corrected chi connectivity index (χ1v) is 13.8. The minimum absolute atomic E-state index is 0.00680. The number of para-hydroxylation sites is 1. The highest BCUT2D eigenvalue weighted by atomic mass is 32.2. The van der Waals surface area contributed by atoms with E-state index in [0.29, 0.717) is 12.0 Å². The zero-order valence-corrected chi connectivity index (χ0v) is 22.7. The van der Waals surface area contributed by atoms with Crippen LogP contribution in [0.4, 0.5) is 0 Å². The Balaban J connectivity index is 1.61. The number of ether oxygens (including phenoxy) is 1. The molecule has 0 radical (unpaired) electrons. The fourth-order valence-electron chi connectivity index (χ4n) is 4.40. The summed E-state index contributed by atoms with van der Waals surface area (Å²) in [5, 5.41) is 14.5. The third-order valence-corrected chi connectivity index (χ3v) is 8.11. The van der Waals surface area contributed by atoms with Crippen molar-refractivity contribution in [3.05, 3.63) is 95.2 Å². The molecule has 9 heteroatoms. The van der Waals surface area contributed by atoms with Gasteiger partial charge in [-0.1, -0.05) is 36.4 Å². The van der Waals surface area contributed by atoms with Crippen LogP contribution in [0.2, 0.25) is 0 Å². The number of nitrogens with one attached hydrogen (secondary N) is 3.